The van der Waals surface area contributed by atoms with Crippen LogP contribution in [0.5, 0.6) is 5.88 Å². The lowest BCUT2D eigenvalue weighted by Crippen LogP contribution is -2.40. The standard InChI is InChI=1S/C29H27F3N6OS.C2H2O4/c1-39-27-13-12-25(18-35-27)38(28(40)36-16-23-5-2-3-7-26(23)29(30,31)32)14-4-6-24-17-34-20-37(24)19-22-10-8-21(15-33)9-11-22;3-1(4)2(5)6/h2-3,5,7-13,17-18,20H,4,6,14,16,19H2,1H3,(H,36,40);(H,3,4)(H,5,6). The molecule has 0 atom stereocenters. The maximum Gasteiger partial charge on any atom is 0.416 e. The number of ether oxygens (including phenoxy) is 1. The fraction of sp³-hybridized carbons (Fsp3) is 0.226. The molecule has 0 amide bonds. The van der Waals surface area contributed by atoms with Crippen LogP contribution in [-0.2, 0) is 35.3 Å². The van der Waals surface area contributed by atoms with E-state index in [-0.39, 0.29) is 17.2 Å². The van der Waals surface area contributed by atoms with Gasteiger partial charge in [0.1, 0.15) is 0 Å². The first-order valence-corrected chi connectivity index (χ1v) is 14.0. The smallest absolute Gasteiger partial charge is 0.416 e. The van der Waals surface area contributed by atoms with Crippen molar-refractivity contribution >= 4 is 35.0 Å². The van der Waals surface area contributed by atoms with Gasteiger partial charge in [0.15, 0.2) is 5.11 Å². The third-order valence-electron chi connectivity index (χ3n) is 6.47. The molecule has 0 saturated carbocycles. The third-order valence-corrected chi connectivity index (χ3v) is 6.84. The van der Waals surface area contributed by atoms with Crippen LogP contribution in [0.1, 0.15) is 34.4 Å². The molecule has 0 radical (unpaired) electrons. The van der Waals surface area contributed by atoms with Crippen LogP contribution in [-0.4, -0.2) is 55.5 Å². The summed E-state index contributed by atoms with van der Waals surface area (Å²) in [7, 11) is 1.52. The average Bonchev–Trinajstić information content (AvgIpc) is 3.48. The first-order chi connectivity index (χ1) is 21.9. The Morgan fingerprint density at radius 1 is 1.07 bits per heavy atom. The first-order valence-electron chi connectivity index (χ1n) is 13.6. The van der Waals surface area contributed by atoms with Gasteiger partial charge >= 0.3 is 18.1 Å². The van der Waals surface area contributed by atoms with Gasteiger partial charge in [0.05, 0.1) is 42.5 Å². The minimum atomic E-state index is -4.46. The van der Waals surface area contributed by atoms with E-state index in [1.54, 1.807) is 42.9 Å². The predicted molar refractivity (Wildman–Crippen MR) is 165 cm³/mol. The van der Waals surface area contributed by atoms with E-state index in [0.29, 0.717) is 43.1 Å². The topological polar surface area (TPSA) is 154 Å². The summed E-state index contributed by atoms with van der Waals surface area (Å²) in [5.41, 5.74) is 2.78. The van der Waals surface area contributed by atoms with Gasteiger partial charge in [-0.25, -0.2) is 19.6 Å². The number of carbonyl (C=O) groups is 2. The lowest BCUT2D eigenvalue weighted by molar-refractivity contribution is -0.159. The third kappa shape index (κ3) is 10.3. The van der Waals surface area contributed by atoms with Crippen molar-refractivity contribution < 1.29 is 37.7 Å². The van der Waals surface area contributed by atoms with E-state index < -0.39 is 23.7 Å². The summed E-state index contributed by atoms with van der Waals surface area (Å²) in [4.78, 5) is 28.6. The van der Waals surface area contributed by atoms with E-state index in [1.807, 2.05) is 27.8 Å². The molecule has 240 valence electrons. The molecule has 0 aliphatic heterocycles. The molecule has 2 aromatic carbocycles. The number of hydrogen-bond donors (Lipinski definition) is 3. The molecular formula is C31H29F3N6O5S. The molecule has 2 aromatic heterocycles. The SMILES string of the molecule is COc1ccc(N(CCCc2cncn2Cc2ccc(C#N)cc2)C(=S)NCc2ccccc2C(F)(F)F)cn1.O=C(O)C(=O)O. The van der Waals surface area contributed by atoms with Crippen LogP contribution >= 0.6 is 12.2 Å². The Hall–Kier alpha value is -5.49. The molecular weight excluding hydrogens is 625 g/mol. The van der Waals surface area contributed by atoms with Crippen molar-refractivity contribution in [2.24, 2.45) is 0 Å². The number of nitrogens with zero attached hydrogens (tertiary/aromatic N) is 5. The van der Waals surface area contributed by atoms with Crippen molar-refractivity contribution in [1.29, 1.82) is 5.26 Å². The highest BCUT2D eigenvalue weighted by molar-refractivity contribution is 7.80. The fourth-order valence-corrected chi connectivity index (χ4v) is 4.49. The molecule has 0 bridgehead atoms. The number of methoxy groups -OCH3 is 1. The number of carboxylic acid groups (broad SMARTS) is 2. The lowest BCUT2D eigenvalue weighted by atomic mass is 10.1. The van der Waals surface area contributed by atoms with Crippen LogP contribution in [0.4, 0.5) is 18.9 Å². The van der Waals surface area contributed by atoms with Gasteiger partial charge in [0.2, 0.25) is 5.88 Å². The molecule has 0 saturated heterocycles. The zero-order valence-corrected chi connectivity index (χ0v) is 25.3. The van der Waals surface area contributed by atoms with E-state index in [1.165, 1.54) is 19.2 Å². The molecule has 46 heavy (non-hydrogen) atoms. The Kier molecular flexibility index (Phi) is 12.6. The number of nitriles is 1. The molecule has 2 heterocycles. The quantitative estimate of drug-likeness (QED) is 0.158. The number of imidazole rings is 1. The number of carboxylic acids is 2. The minimum absolute atomic E-state index is 0.0774. The normalized spacial score (nSPS) is 10.6. The number of anilines is 1. The van der Waals surface area contributed by atoms with Crippen LogP contribution in [0.15, 0.2) is 79.4 Å². The van der Waals surface area contributed by atoms with Gasteiger partial charge in [-0.1, -0.05) is 30.3 Å². The maximum absolute atomic E-state index is 13.5. The number of aryl methyl sites for hydroxylation is 1. The molecule has 0 unspecified atom stereocenters. The van der Waals surface area contributed by atoms with E-state index >= 15 is 0 Å². The monoisotopic (exact) mass is 654 g/mol. The Balaban J connectivity index is 0.000000875. The van der Waals surface area contributed by atoms with E-state index in [9.17, 15) is 13.2 Å². The fourth-order valence-electron chi connectivity index (χ4n) is 4.22. The van der Waals surface area contributed by atoms with E-state index in [4.69, 9.17) is 42.0 Å². The summed E-state index contributed by atoms with van der Waals surface area (Å²) in [5, 5.41) is 27.1. The molecule has 11 nitrogen and oxygen atoms in total. The van der Waals surface area contributed by atoms with Crippen molar-refractivity contribution in [3.05, 3.63) is 107 Å². The summed E-state index contributed by atoms with van der Waals surface area (Å²) in [5.74, 6) is -3.21. The Labute approximate surface area is 267 Å². The van der Waals surface area contributed by atoms with E-state index in [2.05, 4.69) is 21.4 Å². The van der Waals surface area contributed by atoms with Crippen LogP contribution in [0.3, 0.4) is 0 Å². The van der Waals surface area contributed by atoms with Crippen molar-refractivity contribution in [3.8, 4) is 11.9 Å². The van der Waals surface area contributed by atoms with Crippen molar-refractivity contribution in [2.45, 2.75) is 32.1 Å². The molecule has 0 spiro atoms. The Morgan fingerprint density at radius 2 is 1.76 bits per heavy atom. The van der Waals surface area contributed by atoms with Crippen LogP contribution < -0.4 is 15.0 Å². The number of rotatable bonds is 10. The Bertz CT molecular complexity index is 1660. The number of alkyl halides is 3. The van der Waals surface area contributed by atoms with Gasteiger partial charge in [-0.15, -0.1) is 0 Å². The van der Waals surface area contributed by atoms with Crippen LogP contribution in [0, 0.1) is 11.3 Å². The second-order valence-corrected chi connectivity index (χ2v) is 9.95. The molecule has 0 fully saturated rings. The highest BCUT2D eigenvalue weighted by Gasteiger charge is 2.32. The number of aliphatic carboxylic acids is 2. The average molecular weight is 655 g/mol. The molecule has 15 heteroatoms. The number of aromatic nitrogens is 3. The largest absolute Gasteiger partial charge is 0.481 e. The zero-order chi connectivity index (χ0) is 33.7. The number of hydrogen-bond acceptors (Lipinski definition) is 7. The summed E-state index contributed by atoms with van der Waals surface area (Å²) in [6.45, 7) is 1.03. The minimum Gasteiger partial charge on any atom is -0.481 e. The van der Waals surface area contributed by atoms with Gasteiger partial charge in [0, 0.05) is 37.6 Å². The van der Waals surface area contributed by atoms with Gasteiger partial charge < -0.3 is 29.7 Å². The summed E-state index contributed by atoms with van der Waals surface area (Å²) >= 11 is 5.63. The van der Waals surface area contributed by atoms with Gasteiger partial charge in [-0.2, -0.15) is 18.4 Å². The van der Waals surface area contributed by atoms with E-state index in [0.717, 1.165) is 17.3 Å². The molecule has 4 rings (SSSR count). The Morgan fingerprint density at radius 3 is 2.35 bits per heavy atom. The van der Waals surface area contributed by atoms with Crippen LogP contribution in [0.25, 0.3) is 0 Å². The van der Waals surface area contributed by atoms with Crippen molar-refractivity contribution in [2.75, 3.05) is 18.6 Å². The first kappa shape index (κ1) is 35.0. The zero-order valence-electron chi connectivity index (χ0n) is 24.4. The second kappa shape index (κ2) is 16.5. The van der Waals surface area contributed by atoms with Gasteiger partial charge in [0.25, 0.3) is 0 Å². The predicted octanol–water partition coefficient (Wildman–Crippen LogP) is 4.89. The number of halogens is 3. The molecule has 0 aliphatic rings. The summed E-state index contributed by atoms with van der Waals surface area (Å²) < 4.78 is 47.6. The van der Waals surface area contributed by atoms with Crippen molar-refractivity contribution in [1.82, 2.24) is 19.9 Å². The number of pyridine rings is 1. The van der Waals surface area contributed by atoms with Gasteiger partial charge in [-0.3, -0.25) is 0 Å². The maximum atomic E-state index is 13.5. The van der Waals surface area contributed by atoms with Crippen LogP contribution in [0.2, 0.25) is 0 Å². The molecule has 4 aromatic rings. The number of benzene rings is 2. The molecule has 3 N–H and O–H groups in total. The highest BCUT2D eigenvalue weighted by Crippen LogP contribution is 2.31. The van der Waals surface area contributed by atoms with Crippen molar-refractivity contribution in [3.63, 3.8) is 0 Å². The second-order valence-electron chi connectivity index (χ2n) is 9.56. The lowest BCUT2D eigenvalue weighted by Gasteiger charge is -2.26. The number of thiocarbonyl (C=S) groups is 1. The molecule has 0 aliphatic carbocycles. The highest BCUT2D eigenvalue weighted by atomic mass is 32.1. The summed E-state index contributed by atoms with van der Waals surface area (Å²) in [6.07, 6.45) is 2.12. The summed E-state index contributed by atoms with van der Waals surface area (Å²) in [6, 6.07) is 18.5. The van der Waals surface area contributed by atoms with Gasteiger partial charge in [-0.05, 0) is 60.5 Å². The number of nitrogens with one attached hydrogen (secondary N) is 1.